The molecule has 0 bridgehead atoms. The minimum atomic E-state index is -0.967. The van der Waals surface area contributed by atoms with E-state index in [4.69, 9.17) is 18.9 Å². The lowest BCUT2D eigenvalue weighted by Gasteiger charge is -2.23. The van der Waals surface area contributed by atoms with Gasteiger partial charge in [0.25, 0.3) is 5.78 Å². The lowest BCUT2D eigenvalue weighted by Crippen LogP contribution is -2.29. The van der Waals surface area contributed by atoms with Crippen LogP contribution in [0.2, 0.25) is 0 Å². The van der Waals surface area contributed by atoms with Gasteiger partial charge in [0.2, 0.25) is 0 Å². The highest BCUT2D eigenvalue weighted by molar-refractivity contribution is 7.22. The van der Waals surface area contributed by atoms with Crippen molar-refractivity contribution in [3.8, 4) is 23.0 Å². The fraction of sp³-hybridized carbons (Fsp3) is 0.233. The number of carbonyl (C=O) groups excluding carboxylic acids is 2. The number of aliphatic hydroxyl groups is 1. The zero-order chi connectivity index (χ0) is 28.1. The standard InChI is InChI=1S/C30H26N2O7S/c1-15-11-18-12-17(6-9-21(18)39-15)27(33)25-26(16-5-10-22(37-3)23(13-16)38-4)32(29(35)28(25)34)30-31-20-8-7-19(36-2)14-24(20)40-30/h5-10,12-15,26,33H,11H2,1-4H3/t15-,26+/m0/s1. The fourth-order valence-corrected chi connectivity index (χ4v) is 6.24. The summed E-state index contributed by atoms with van der Waals surface area (Å²) in [5, 5.41) is 11.9. The topological polar surface area (TPSA) is 107 Å². The average Bonchev–Trinajstić information content (AvgIpc) is 3.63. The molecule has 4 aromatic rings. The molecule has 1 N–H and O–H groups in total. The Balaban J connectivity index is 1.55. The predicted octanol–water partition coefficient (Wildman–Crippen LogP) is 5.27. The van der Waals surface area contributed by atoms with Crippen LogP contribution in [0.4, 0.5) is 5.13 Å². The number of fused-ring (bicyclic) bond motifs is 2. The number of methoxy groups -OCH3 is 3. The van der Waals surface area contributed by atoms with Gasteiger partial charge < -0.3 is 24.1 Å². The largest absolute Gasteiger partial charge is 0.507 e. The Kier molecular flexibility index (Phi) is 6.34. The number of nitrogens with zero attached hydrogens (tertiary/aromatic N) is 2. The molecule has 2 aliphatic rings. The zero-order valence-electron chi connectivity index (χ0n) is 22.3. The number of carbonyl (C=O) groups is 2. The second-order valence-electron chi connectivity index (χ2n) is 9.57. The summed E-state index contributed by atoms with van der Waals surface area (Å²) in [5.74, 6) is 0.434. The van der Waals surface area contributed by atoms with Gasteiger partial charge in [0.05, 0.1) is 43.2 Å². The molecular formula is C30H26N2O7S. The van der Waals surface area contributed by atoms with Gasteiger partial charge in [-0.1, -0.05) is 17.4 Å². The van der Waals surface area contributed by atoms with Gasteiger partial charge in [-0.05, 0) is 66.6 Å². The molecule has 2 aliphatic heterocycles. The Morgan fingerprint density at radius 3 is 2.55 bits per heavy atom. The van der Waals surface area contributed by atoms with Crippen molar-refractivity contribution in [3.05, 3.63) is 76.9 Å². The summed E-state index contributed by atoms with van der Waals surface area (Å²) in [6, 6.07) is 14.8. The lowest BCUT2D eigenvalue weighted by molar-refractivity contribution is -0.132. The van der Waals surface area contributed by atoms with Crippen molar-refractivity contribution in [3.63, 3.8) is 0 Å². The van der Waals surface area contributed by atoms with Gasteiger partial charge in [-0.2, -0.15) is 0 Å². The molecule has 1 amide bonds. The third-order valence-corrected chi connectivity index (χ3v) is 8.15. The van der Waals surface area contributed by atoms with Crippen molar-refractivity contribution in [2.24, 2.45) is 0 Å². The molecule has 1 saturated heterocycles. The number of ketones is 1. The number of rotatable bonds is 6. The van der Waals surface area contributed by atoms with Gasteiger partial charge in [-0.25, -0.2) is 4.98 Å². The number of amides is 1. The second kappa shape index (κ2) is 9.87. The molecule has 0 unspecified atom stereocenters. The van der Waals surface area contributed by atoms with Crippen molar-refractivity contribution in [1.82, 2.24) is 4.98 Å². The summed E-state index contributed by atoms with van der Waals surface area (Å²) in [6.07, 6.45) is 0.696. The smallest absolute Gasteiger partial charge is 0.301 e. The molecule has 204 valence electrons. The normalized spacial score (nSPS) is 19.6. The molecule has 9 nitrogen and oxygen atoms in total. The quantitative estimate of drug-likeness (QED) is 0.194. The van der Waals surface area contributed by atoms with E-state index in [1.165, 1.54) is 30.5 Å². The predicted molar refractivity (Wildman–Crippen MR) is 151 cm³/mol. The molecule has 3 heterocycles. The number of hydrogen-bond donors (Lipinski definition) is 1. The number of hydrogen-bond acceptors (Lipinski definition) is 9. The van der Waals surface area contributed by atoms with Gasteiger partial charge in [0, 0.05) is 12.0 Å². The number of anilines is 1. The van der Waals surface area contributed by atoms with Crippen LogP contribution in [0.3, 0.4) is 0 Å². The van der Waals surface area contributed by atoms with Crippen molar-refractivity contribution in [1.29, 1.82) is 0 Å². The maximum Gasteiger partial charge on any atom is 0.301 e. The molecule has 0 radical (unpaired) electrons. The van der Waals surface area contributed by atoms with E-state index >= 15 is 0 Å². The van der Waals surface area contributed by atoms with Crippen LogP contribution in [0, 0.1) is 0 Å². The highest BCUT2D eigenvalue weighted by Crippen LogP contribution is 2.46. The molecule has 0 spiro atoms. The minimum absolute atomic E-state index is 0.0161. The number of Topliss-reactive ketones (excluding diaryl/α,β-unsaturated/α-hetero) is 1. The van der Waals surface area contributed by atoms with E-state index in [1.54, 1.807) is 55.6 Å². The zero-order valence-corrected chi connectivity index (χ0v) is 23.1. The van der Waals surface area contributed by atoms with E-state index in [9.17, 15) is 14.7 Å². The summed E-state index contributed by atoms with van der Waals surface area (Å²) >= 11 is 1.26. The minimum Gasteiger partial charge on any atom is -0.507 e. The average molecular weight is 559 g/mol. The van der Waals surface area contributed by atoms with Crippen molar-refractivity contribution >= 4 is 44.1 Å². The van der Waals surface area contributed by atoms with E-state index < -0.39 is 17.7 Å². The molecule has 0 aliphatic carbocycles. The molecule has 10 heteroatoms. The molecule has 1 aromatic heterocycles. The first-order valence-electron chi connectivity index (χ1n) is 12.6. The molecule has 0 saturated carbocycles. The van der Waals surface area contributed by atoms with Crippen LogP contribution in [0.1, 0.15) is 29.7 Å². The van der Waals surface area contributed by atoms with Crippen LogP contribution in [-0.4, -0.2) is 49.2 Å². The van der Waals surface area contributed by atoms with E-state index in [2.05, 4.69) is 4.98 Å². The van der Waals surface area contributed by atoms with Gasteiger partial charge in [0.15, 0.2) is 16.6 Å². The Morgan fingerprint density at radius 2 is 1.80 bits per heavy atom. The van der Waals surface area contributed by atoms with Crippen molar-refractivity contribution in [2.75, 3.05) is 26.2 Å². The van der Waals surface area contributed by atoms with Gasteiger partial charge >= 0.3 is 5.91 Å². The number of benzene rings is 3. The molecular weight excluding hydrogens is 532 g/mol. The Hall–Kier alpha value is -4.57. The molecule has 6 rings (SSSR count). The summed E-state index contributed by atoms with van der Waals surface area (Å²) in [6.45, 7) is 1.97. The molecule has 3 aromatic carbocycles. The van der Waals surface area contributed by atoms with Gasteiger partial charge in [-0.3, -0.25) is 14.5 Å². The van der Waals surface area contributed by atoms with Gasteiger partial charge in [-0.15, -0.1) is 0 Å². The first-order chi connectivity index (χ1) is 19.3. The SMILES string of the molecule is COc1ccc2nc(N3C(=O)C(=O)C(=C(O)c4ccc5c(c4)C[C@H](C)O5)[C@H]3c3ccc(OC)c(OC)c3)sc2c1. The van der Waals surface area contributed by atoms with Crippen molar-refractivity contribution < 1.29 is 33.6 Å². The van der Waals surface area contributed by atoms with Gasteiger partial charge in [0.1, 0.15) is 23.4 Å². The summed E-state index contributed by atoms with van der Waals surface area (Å²) in [7, 11) is 4.61. The van der Waals surface area contributed by atoms with E-state index in [-0.39, 0.29) is 17.4 Å². The molecule has 2 atom stereocenters. The first kappa shape index (κ1) is 25.7. The number of ether oxygens (including phenoxy) is 4. The summed E-state index contributed by atoms with van der Waals surface area (Å²) < 4.78 is 22.8. The van der Waals surface area contributed by atoms with Crippen LogP contribution in [0.15, 0.2) is 60.2 Å². The Labute approximate surface area is 234 Å². The van der Waals surface area contributed by atoms with E-state index in [1.807, 2.05) is 13.0 Å². The summed E-state index contributed by atoms with van der Waals surface area (Å²) in [4.78, 5) is 33.3. The van der Waals surface area contributed by atoms with E-state index in [0.717, 1.165) is 16.0 Å². The monoisotopic (exact) mass is 558 g/mol. The third-order valence-electron chi connectivity index (χ3n) is 7.13. The van der Waals surface area contributed by atoms with E-state index in [0.29, 0.717) is 45.4 Å². The Morgan fingerprint density at radius 1 is 1.00 bits per heavy atom. The summed E-state index contributed by atoms with van der Waals surface area (Å²) in [5.41, 5.74) is 2.51. The Bertz CT molecular complexity index is 1710. The van der Waals surface area contributed by atoms with Crippen LogP contribution >= 0.6 is 11.3 Å². The van der Waals surface area contributed by atoms with Crippen LogP contribution in [0.25, 0.3) is 16.0 Å². The fourth-order valence-electron chi connectivity index (χ4n) is 5.22. The third kappa shape index (κ3) is 4.12. The maximum atomic E-state index is 13.6. The number of aliphatic hydroxyl groups excluding tert-OH is 1. The van der Waals surface area contributed by atoms with Crippen LogP contribution in [0.5, 0.6) is 23.0 Å². The van der Waals surface area contributed by atoms with Crippen molar-refractivity contribution in [2.45, 2.75) is 25.5 Å². The molecule has 40 heavy (non-hydrogen) atoms. The second-order valence-corrected chi connectivity index (χ2v) is 10.6. The molecule has 1 fully saturated rings. The van der Waals surface area contributed by atoms with Crippen LogP contribution in [-0.2, 0) is 16.0 Å². The number of thiazole rings is 1. The van der Waals surface area contributed by atoms with Crippen LogP contribution < -0.4 is 23.8 Å². The highest BCUT2D eigenvalue weighted by atomic mass is 32.1. The highest BCUT2D eigenvalue weighted by Gasteiger charge is 2.48. The maximum absolute atomic E-state index is 13.6. The number of aromatic nitrogens is 1. The lowest BCUT2D eigenvalue weighted by atomic mass is 9.94. The first-order valence-corrected chi connectivity index (χ1v) is 13.4.